The van der Waals surface area contributed by atoms with E-state index in [4.69, 9.17) is 11.6 Å². The number of amides is 1. The number of carbonyl (C=O) groups is 1. The third-order valence-electron chi connectivity index (χ3n) is 3.05. The summed E-state index contributed by atoms with van der Waals surface area (Å²) >= 11 is 0. The zero-order chi connectivity index (χ0) is 12.4. The van der Waals surface area contributed by atoms with E-state index in [1.54, 1.807) is 0 Å². The quantitative estimate of drug-likeness (QED) is 0.483. The molecule has 92 valence electrons. The van der Waals surface area contributed by atoms with Crippen LogP contribution in [-0.2, 0) is 4.79 Å². The highest BCUT2D eigenvalue weighted by molar-refractivity contribution is 5.84. The monoisotopic (exact) mass is 236 g/mol. The van der Waals surface area contributed by atoms with E-state index in [0.717, 1.165) is 24.9 Å². The van der Waals surface area contributed by atoms with Crippen LogP contribution in [0.3, 0.4) is 0 Å². The maximum absolute atomic E-state index is 11.3. The molecule has 1 unspecified atom stereocenters. The van der Waals surface area contributed by atoms with Gasteiger partial charge in [0.25, 0.3) is 0 Å². The number of carbonyl (C=O) groups excluding carboxylic acids is 1. The summed E-state index contributed by atoms with van der Waals surface area (Å²) in [6, 6.07) is -0.283. The lowest BCUT2D eigenvalue weighted by Crippen LogP contribution is -2.41. The van der Waals surface area contributed by atoms with Gasteiger partial charge in [-0.05, 0) is 19.8 Å². The van der Waals surface area contributed by atoms with Crippen molar-refractivity contribution in [1.29, 1.82) is 0 Å². The predicted molar refractivity (Wildman–Crippen MR) is 64.1 cm³/mol. The van der Waals surface area contributed by atoms with E-state index in [0.29, 0.717) is 11.6 Å². The van der Waals surface area contributed by atoms with Crippen molar-refractivity contribution < 1.29 is 4.79 Å². The summed E-state index contributed by atoms with van der Waals surface area (Å²) in [6.45, 7) is 2.64. The number of anilines is 2. The maximum Gasteiger partial charge on any atom is 0.240 e. The molecule has 7 nitrogen and oxygen atoms in total. The van der Waals surface area contributed by atoms with Gasteiger partial charge in [0, 0.05) is 12.1 Å². The lowest BCUT2D eigenvalue weighted by atomic mass is 10.2. The van der Waals surface area contributed by atoms with Crippen LogP contribution in [0.4, 0.5) is 11.6 Å². The molecule has 17 heavy (non-hydrogen) atoms. The van der Waals surface area contributed by atoms with Gasteiger partial charge in [0.1, 0.15) is 24.0 Å². The molecule has 2 rings (SSSR count). The van der Waals surface area contributed by atoms with Crippen molar-refractivity contribution in [2.24, 2.45) is 11.6 Å². The second-order valence-electron chi connectivity index (χ2n) is 4.07. The molecule has 1 atom stereocenters. The van der Waals surface area contributed by atoms with Gasteiger partial charge in [-0.15, -0.1) is 0 Å². The number of nitrogens with one attached hydrogen (secondary N) is 1. The number of primary amides is 1. The highest BCUT2D eigenvalue weighted by Crippen LogP contribution is 2.28. The highest BCUT2D eigenvalue weighted by atomic mass is 16.1. The summed E-state index contributed by atoms with van der Waals surface area (Å²) in [4.78, 5) is 21.5. The minimum atomic E-state index is -0.317. The van der Waals surface area contributed by atoms with E-state index in [1.807, 2.05) is 11.8 Å². The molecule has 1 aliphatic heterocycles. The van der Waals surface area contributed by atoms with Gasteiger partial charge < -0.3 is 16.1 Å². The van der Waals surface area contributed by atoms with Gasteiger partial charge in [0.2, 0.25) is 5.91 Å². The zero-order valence-electron chi connectivity index (χ0n) is 9.68. The van der Waals surface area contributed by atoms with Gasteiger partial charge in [0.05, 0.1) is 0 Å². The third kappa shape index (κ3) is 2.01. The van der Waals surface area contributed by atoms with Crippen molar-refractivity contribution in [1.82, 2.24) is 9.97 Å². The van der Waals surface area contributed by atoms with Crippen molar-refractivity contribution in [3.63, 3.8) is 0 Å². The number of nitrogens with two attached hydrogens (primary N) is 2. The number of hydrogen-bond acceptors (Lipinski definition) is 6. The molecule has 1 amide bonds. The zero-order valence-corrected chi connectivity index (χ0v) is 9.68. The number of nitrogen functional groups attached to an aromatic ring is 1. The number of hydrazine groups is 1. The molecule has 0 aliphatic carbocycles. The summed E-state index contributed by atoms with van der Waals surface area (Å²) in [5, 5.41) is 0. The fourth-order valence-electron chi connectivity index (χ4n) is 2.19. The average Bonchev–Trinajstić information content (AvgIpc) is 2.78. The molecule has 1 aromatic rings. The Balaban J connectivity index is 2.36. The molecule has 1 aromatic heterocycles. The Morgan fingerprint density at radius 2 is 2.35 bits per heavy atom. The van der Waals surface area contributed by atoms with Crippen molar-refractivity contribution in [3.8, 4) is 0 Å². The smallest absolute Gasteiger partial charge is 0.240 e. The summed E-state index contributed by atoms with van der Waals surface area (Å²) in [6.07, 6.45) is 3.13. The third-order valence-corrected chi connectivity index (χ3v) is 3.05. The summed E-state index contributed by atoms with van der Waals surface area (Å²) in [7, 11) is 0. The number of hydrogen-bond donors (Lipinski definition) is 3. The molecular weight excluding hydrogens is 220 g/mol. The first-order valence-electron chi connectivity index (χ1n) is 5.49. The molecular formula is C10H16N6O. The lowest BCUT2D eigenvalue weighted by Gasteiger charge is -2.25. The van der Waals surface area contributed by atoms with E-state index >= 15 is 0 Å². The Kier molecular flexibility index (Phi) is 3.10. The van der Waals surface area contributed by atoms with Crippen molar-refractivity contribution in [3.05, 3.63) is 11.9 Å². The molecule has 0 spiro atoms. The van der Waals surface area contributed by atoms with Crippen LogP contribution >= 0.6 is 0 Å². The molecule has 1 aliphatic rings. The van der Waals surface area contributed by atoms with Crippen LogP contribution in [0, 0.1) is 6.92 Å². The molecule has 7 heteroatoms. The first-order valence-corrected chi connectivity index (χ1v) is 5.49. The molecule has 2 heterocycles. The standard InChI is InChI=1S/C10H16N6O/c1-6-9(15-12)13-5-14-10(6)16-4-2-3-7(16)8(11)17/h5,7H,2-4,12H2,1H3,(H2,11,17)(H,13,14,15). The van der Waals surface area contributed by atoms with Gasteiger partial charge in [-0.25, -0.2) is 15.8 Å². The van der Waals surface area contributed by atoms with Crippen LogP contribution in [0.5, 0.6) is 0 Å². The molecule has 0 aromatic carbocycles. The predicted octanol–water partition coefficient (Wildman–Crippen LogP) is -0.475. The fourth-order valence-corrected chi connectivity index (χ4v) is 2.19. The van der Waals surface area contributed by atoms with Crippen LogP contribution in [0.25, 0.3) is 0 Å². The summed E-state index contributed by atoms with van der Waals surface area (Å²) in [5.41, 5.74) is 8.71. The average molecular weight is 236 g/mol. The molecule has 5 N–H and O–H groups in total. The van der Waals surface area contributed by atoms with E-state index in [1.165, 1.54) is 6.33 Å². The number of rotatable bonds is 3. The van der Waals surface area contributed by atoms with E-state index in [2.05, 4.69) is 15.4 Å². The normalized spacial score (nSPS) is 19.4. The van der Waals surface area contributed by atoms with Crippen LogP contribution in [-0.4, -0.2) is 28.5 Å². The number of aromatic nitrogens is 2. The SMILES string of the molecule is Cc1c(NN)ncnc1N1CCCC1C(N)=O. The Morgan fingerprint density at radius 3 is 3.00 bits per heavy atom. The number of nitrogens with zero attached hydrogens (tertiary/aromatic N) is 3. The van der Waals surface area contributed by atoms with Crippen LogP contribution in [0.15, 0.2) is 6.33 Å². The van der Waals surface area contributed by atoms with E-state index in [9.17, 15) is 4.79 Å². The molecule has 1 fully saturated rings. The maximum atomic E-state index is 11.3. The first kappa shape index (κ1) is 11.6. The topological polar surface area (TPSA) is 110 Å². The van der Waals surface area contributed by atoms with Crippen molar-refractivity contribution >= 4 is 17.5 Å². The van der Waals surface area contributed by atoms with Crippen LogP contribution < -0.4 is 21.9 Å². The summed E-state index contributed by atoms with van der Waals surface area (Å²) < 4.78 is 0. The fraction of sp³-hybridized carbons (Fsp3) is 0.500. The minimum Gasteiger partial charge on any atom is -0.368 e. The van der Waals surface area contributed by atoms with Gasteiger partial charge in [-0.3, -0.25) is 4.79 Å². The molecule has 1 saturated heterocycles. The van der Waals surface area contributed by atoms with Crippen LogP contribution in [0.2, 0.25) is 0 Å². The van der Waals surface area contributed by atoms with Crippen molar-refractivity contribution in [2.45, 2.75) is 25.8 Å². The minimum absolute atomic E-state index is 0.283. The highest BCUT2D eigenvalue weighted by Gasteiger charge is 2.31. The van der Waals surface area contributed by atoms with Gasteiger partial charge in [-0.1, -0.05) is 0 Å². The van der Waals surface area contributed by atoms with Crippen molar-refractivity contribution in [2.75, 3.05) is 16.9 Å². The van der Waals surface area contributed by atoms with Gasteiger partial charge in [0.15, 0.2) is 0 Å². The van der Waals surface area contributed by atoms with Gasteiger partial charge in [-0.2, -0.15) is 0 Å². The molecule has 0 radical (unpaired) electrons. The molecule has 0 bridgehead atoms. The Hall–Kier alpha value is -1.89. The van der Waals surface area contributed by atoms with E-state index in [-0.39, 0.29) is 11.9 Å². The first-order chi connectivity index (χ1) is 8.15. The Morgan fingerprint density at radius 1 is 1.59 bits per heavy atom. The van der Waals surface area contributed by atoms with Gasteiger partial charge >= 0.3 is 0 Å². The van der Waals surface area contributed by atoms with Crippen LogP contribution in [0.1, 0.15) is 18.4 Å². The lowest BCUT2D eigenvalue weighted by molar-refractivity contribution is -0.119. The van der Waals surface area contributed by atoms with E-state index < -0.39 is 0 Å². The Labute approximate surface area is 99.2 Å². The molecule has 0 saturated carbocycles. The summed E-state index contributed by atoms with van der Waals surface area (Å²) in [5.74, 6) is 6.32. The largest absolute Gasteiger partial charge is 0.368 e. The second-order valence-corrected chi connectivity index (χ2v) is 4.07. The Bertz CT molecular complexity index is 435. The second kappa shape index (κ2) is 4.54.